The Morgan fingerprint density at radius 2 is 2.07 bits per heavy atom. The van der Waals surface area contributed by atoms with Crippen LogP contribution >= 0.6 is 0 Å². The summed E-state index contributed by atoms with van der Waals surface area (Å²) in [5.41, 5.74) is 1.41. The van der Waals surface area contributed by atoms with Gasteiger partial charge in [0.2, 0.25) is 12.1 Å². The van der Waals surface area contributed by atoms with Crippen LogP contribution in [0.15, 0.2) is 47.7 Å². The number of nitrogens with one attached hydrogen (secondary N) is 1. The highest BCUT2D eigenvalue weighted by molar-refractivity contribution is 5.94. The second-order valence-electron chi connectivity index (χ2n) is 5.45. The summed E-state index contributed by atoms with van der Waals surface area (Å²) in [4.78, 5) is 16.1. The number of aromatic nitrogens is 2. The van der Waals surface area contributed by atoms with Gasteiger partial charge in [0.15, 0.2) is 5.69 Å². The number of carbonyl (C=O) groups is 1. The second-order valence-corrected chi connectivity index (χ2v) is 5.45. The molecular weight excluding hydrogens is 370 g/mol. The maximum atomic E-state index is 13.3. The van der Waals surface area contributed by atoms with Crippen molar-refractivity contribution < 1.29 is 27.1 Å². The van der Waals surface area contributed by atoms with Crippen molar-refractivity contribution in [3.05, 3.63) is 59.8 Å². The van der Waals surface area contributed by atoms with E-state index in [2.05, 4.69) is 15.5 Å². The molecule has 3 rings (SSSR count). The van der Waals surface area contributed by atoms with Crippen molar-refractivity contribution in [3.8, 4) is 5.88 Å². The molecule has 27 heavy (non-hydrogen) atoms. The number of benzene rings is 1. The number of aryl methyl sites for hydroxylation is 1. The Labute approximate surface area is 150 Å². The number of nitrogens with zero attached hydrogens (tertiary/aromatic N) is 4. The third-order valence-electron chi connectivity index (χ3n) is 3.49. The van der Waals surface area contributed by atoms with E-state index < -0.39 is 29.8 Å². The molecule has 0 fully saturated rings. The molecule has 142 valence electrons. The van der Waals surface area contributed by atoms with Gasteiger partial charge in [0, 0.05) is 31.1 Å². The Bertz CT molecular complexity index is 906. The van der Waals surface area contributed by atoms with Crippen molar-refractivity contribution in [1.29, 1.82) is 0 Å². The van der Waals surface area contributed by atoms with Crippen LogP contribution in [-0.2, 0) is 13.2 Å². The van der Waals surface area contributed by atoms with Crippen LogP contribution in [0.3, 0.4) is 0 Å². The van der Waals surface area contributed by atoms with Crippen molar-refractivity contribution >= 4 is 12.1 Å². The first-order valence-corrected chi connectivity index (χ1v) is 7.57. The topological polar surface area (TPSA) is 71.8 Å². The summed E-state index contributed by atoms with van der Waals surface area (Å²) in [6.45, 7) is 0. The second kappa shape index (κ2) is 7.09. The SMILES string of the molecule is Cn1nc(C(F)(F)F)cc1OC1C=NC=CN1NC(=O)c1cccc(F)c1. The molecule has 1 atom stereocenters. The minimum Gasteiger partial charge on any atom is -0.447 e. The fraction of sp³-hybridized carbons (Fsp3) is 0.188. The van der Waals surface area contributed by atoms with E-state index in [0.29, 0.717) is 0 Å². The Kier molecular flexibility index (Phi) is 4.84. The molecule has 1 amide bonds. The van der Waals surface area contributed by atoms with Crippen LogP contribution in [-0.4, -0.2) is 33.1 Å². The van der Waals surface area contributed by atoms with E-state index in [1.165, 1.54) is 48.9 Å². The molecule has 0 saturated heterocycles. The van der Waals surface area contributed by atoms with Gasteiger partial charge in [0.25, 0.3) is 5.91 Å². The summed E-state index contributed by atoms with van der Waals surface area (Å²) < 4.78 is 57.9. The molecule has 1 aromatic carbocycles. The van der Waals surface area contributed by atoms with Crippen LogP contribution in [0.1, 0.15) is 16.1 Å². The summed E-state index contributed by atoms with van der Waals surface area (Å²) in [5.74, 6) is -1.40. The molecule has 11 heteroatoms. The molecule has 1 N–H and O–H groups in total. The maximum absolute atomic E-state index is 13.3. The predicted molar refractivity (Wildman–Crippen MR) is 86.0 cm³/mol. The van der Waals surface area contributed by atoms with E-state index in [4.69, 9.17) is 4.74 Å². The normalized spacial score (nSPS) is 16.5. The average molecular weight is 383 g/mol. The number of hydrogen-bond donors (Lipinski definition) is 1. The number of rotatable bonds is 4. The first-order valence-electron chi connectivity index (χ1n) is 7.57. The number of amides is 1. The molecule has 0 spiro atoms. The fourth-order valence-corrected chi connectivity index (χ4v) is 2.21. The van der Waals surface area contributed by atoms with Gasteiger partial charge in [-0.1, -0.05) is 6.07 Å². The highest BCUT2D eigenvalue weighted by atomic mass is 19.4. The van der Waals surface area contributed by atoms with Gasteiger partial charge in [0.1, 0.15) is 5.82 Å². The lowest BCUT2D eigenvalue weighted by Gasteiger charge is -2.29. The van der Waals surface area contributed by atoms with Gasteiger partial charge in [-0.3, -0.25) is 15.2 Å². The van der Waals surface area contributed by atoms with Gasteiger partial charge >= 0.3 is 6.18 Å². The molecule has 0 radical (unpaired) electrons. The number of halogens is 4. The van der Waals surface area contributed by atoms with Crippen LogP contribution in [0.5, 0.6) is 5.88 Å². The molecule has 1 aliphatic heterocycles. The van der Waals surface area contributed by atoms with Crippen LogP contribution < -0.4 is 10.2 Å². The average Bonchev–Trinajstić information content (AvgIpc) is 2.98. The zero-order valence-electron chi connectivity index (χ0n) is 13.8. The van der Waals surface area contributed by atoms with Crippen molar-refractivity contribution in [1.82, 2.24) is 20.2 Å². The first kappa shape index (κ1) is 18.4. The van der Waals surface area contributed by atoms with E-state index in [-0.39, 0.29) is 11.4 Å². The smallest absolute Gasteiger partial charge is 0.435 e. The molecule has 1 unspecified atom stereocenters. The standard InChI is InChI=1S/C16H13F4N5O2/c1-24-13(8-12(22-24)16(18,19)20)27-14-9-21-5-6-25(14)23-15(26)10-3-2-4-11(17)7-10/h2-9,14H,1H3,(H,23,26). The lowest BCUT2D eigenvalue weighted by molar-refractivity contribution is -0.141. The molecule has 0 saturated carbocycles. The third-order valence-corrected chi connectivity index (χ3v) is 3.49. The highest BCUT2D eigenvalue weighted by Crippen LogP contribution is 2.30. The van der Waals surface area contributed by atoms with Gasteiger partial charge in [-0.2, -0.15) is 18.3 Å². The minimum atomic E-state index is -4.62. The molecule has 7 nitrogen and oxygen atoms in total. The number of carbonyl (C=O) groups excluding carboxylic acids is 1. The molecule has 1 aromatic heterocycles. The molecular formula is C16H13F4N5O2. The minimum absolute atomic E-state index is 0.0598. The first-order chi connectivity index (χ1) is 12.7. The Hall–Kier alpha value is -3.37. The zero-order valence-corrected chi connectivity index (χ0v) is 13.8. The zero-order chi connectivity index (χ0) is 19.6. The van der Waals surface area contributed by atoms with Gasteiger partial charge in [-0.15, -0.1) is 0 Å². The summed E-state index contributed by atoms with van der Waals surface area (Å²) >= 11 is 0. The molecule has 2 heterocycles. The van der Waals surface area contributed by atoms with Gasteiger partial charge in [0.05, 0.1) is 6.21 Å². The van der Waals surface area contributed by atoms with Gasteiger partial charge in [-0.05, 0) is 18.2 Å². The highest BCUT2D eigenvalue weighted by Gasteiger charge is 2.35. The lowest BCUT2D eigenvalue weighted by atomic mass is 10.2. The summed E-state index contributed by atoms with van der Waals surface area (Å²) in [5, 5.41) is 4.53. The van der Waals surface area contributed by atoms with E-state index in [9.17, 15) is 22.4 Å². The Balaban J connectivity index is 1.75. The van der Waals surface area contributed by atoms with E-state index >= 15 is 0 Å². The molecule has 0 aliphatic carbocycles. The summed E-state index contributed by atoms with van der Waals surface area (Å²) in [6.07, 6.45) is -1.69. The van der Waals surface area contributed by atoms with E-state index in [0.717, 1.165) is 16.8 Å². The fourth-order valence-electron chi connectivity index (χ4n) is 2.21. The maximum Gasteiger partial charge on any atom is 0.435 e. The lowest BCUT2D eigenvalue weighted by Crippen LogP contribution is -2.49. The summed E-state index contributed by atoms with van der Waals surface area (Å²) in [7, 11) is 1.29. The van der Waals surface area contributed by atoms with Crippen LogP contribution in [0.2, 0.25) is 0 Å². The van der Waals surface area contributed by atoms with Gasteiger partial charge < -0.3 is 4.74 Å². The number of hydrazine groups is 1. The van der Waals surface area contributed by atoms with Crippen molar-refractivity contribution in [2.45, 2.75) is 12.4 Å². The molecule has 1 aliphatic rings. The number of alkyl halides is 3. The van der Waals surface area contributed by atoms with Crippen molar-refractivity contribution in [2.75, 3.05) is 0 Å². The van der Waals surface area contributed by atoms with E-state index in [1.807, 2.05) is 0 Å². The molecule has 0 bridgehead atoms. The largest absolute Gasteiger partial charge is 0.447 e. The number of hydrogen-bond acceptors (Lipinski definition) is 5. The quantitative estimate of drug-likeness (QED) is 0.824. The van der Waals surface area contributed by atoms with Gasteiger partial charge in [-0.25, -0.2) is 14.1 Å². The number of ether oxygens (including phenoxy) is 1. The summed E-state index contributed by atoms with van der Waals surface area (Å²) in [6, 6.07) is 5.76. The van der Waals surface area contributed by atoms with Crippen LogP contribution in [0.25, 0.3) is 0 Å². The third kappa shape index (κ3) is 4.25. The van der Waals surface area contributed by atoms with Crippen molar-refractivity contribution in [3.63, 3.8) is 0 Å². The Morgan fingerprint density at radius 1 is 1.30 bits per heavy atom. The Morgan fingerprint density at radius 3 is 2.74 bits per heavy atom. The molecule has 2 aromatic rings. The van der Waals surface area contributed by atoms with Crippen LogP contribution in [0.4, 0.5) is 17.6 Å². The van der Waals surface area contributed by atoms with E-state index in [1.54, 1.807) is 0 Å². The van der Waals surface area contributed by atoms with Crippen molar-refractivity contribution in [2.24, 2.45) is 12.0 Å². The predicted octanol–water partition coefficient (Wildman–Crippen LogP) is 2.49. The number of aliphatic imine (C=N–C) groups is 1. The van der Waals surface area contributed by atoms with Crippen LogP contribution in [0, 0.1) is 5.82 Å². The monoisotopic (exact) mass is 383 g/mol.